The lowest BCUT2D eigenvalue weighted by atomic mass is 10.1. The summed E-state index contributed by atoms with van der Waals surface area (Å²) < 4.78 is 0. The van der Waals surface area contributed by atoms with Crippen LogP contribution in [0.15, 0.2) is 83.4 Å². The Balaban J connectivity index is 1.72. The fourth-order valence-corrected chi connectivity index (χ4v) is 5.15. The predicted molar refractivity (Wildman–Crippen MR) is 138 cm³/mol. The lowest BCUT2D eigenvalue weighted by Crippen LogP contribution is -2.30. The molecule has 1 saturated heterocycles. The average molecular weight is 488 g/mol. The van der Waals surface area contributed by atoms with Crippen LogP contribution in [0, 0.1) is 25.2 Å². The number of rotatable bonds is 5. The standard InChI is InChI=1S/C27H22ClN3O2S/c1-17-6-10-21(11-7-17)30-25(32)23(16-29)27-31(22-12-8-18(2)9-13-22)26(33)24(34-27)15-19-4-3-5-20(28)14-19/h3-14,24H,15H2,1-2H3,(H,30,32). The van der Waals surface area contributed by atoms with Crippen molar-refractivity contribution in [3.63, 3.8) is 0 Å². The van der Waals surface area contributed by atoms with Crippen molar-refractivity contribution in [2.45, 2.75) is 25.5 Å². The lowest BCUT2D eigenvalue weighted by molar-refractivity contribution is -0.117. The van der Waals surface area contributed by atoms with Crippen LogP contribution in [0.2, 0.25) is 5.02 Å². The van der Waals surface area contributed by atoms with Crippen molar-refractivity contribution in [3.05, 3.63) is 105 Å². The molecule has 1 atom stereocenters. The lowest BCUT2D eigenvalue weighted by Gasteiger charge is -2.19. The summed E-state index contributed by atoms with van der Waals surface area (Å²) >= 11 is 7.36. The first kappa shape index (κ1) is 23.6. The topological polar surface area (TPSA) is 73.2 Å². The molecule has 0 spiro atoms. The third-order valence-corrected chi connectivity index (χ3v) is 6.92. The van der Waals surface area contributed by atoms with E-state index in [0.717, 1.165) is 16.7 Å². The van der Waals surface area contributed by atoms with Gasteiger partial charge >= 0.3 is 0 Å². The van der Waals surface area contributed by atoms with Crippen molar-refractivity contribution < 1.29 is 9.59 Å². The zero-order valence-corrected chi connectivity index (χ0v) is 20.3. The zero-order valence-electron chi connectivity index (χ0n) is 18.7. The minimum absolute atomic E-state index is 0.104. The van der Waals surface area contributed by atoms with E-state index in [2.05, 4.69) is 5.32 Å². The highest BCUT2D eigenvalue weighted by atomic mass is 35.5. The molecular weight excluding hydrogens is 466 g/mol. The number of carbonyl (C=O) groups is 2. The molecule has 1 heterocycles. The van der Waals surface area contributed by atoms with E-state index in [1.54, 1.807) is 18.2 Å². The zero-order chi connectivity index (χ0) is 24.2. The van der Waals surface area contributed by atoms with Crippen LogP contribution in [-0.4, -0.2) is 17.1 Å². The van der Waals surface area contributed by atoms with E-state index in [1.807, 2.05) is 74.5 Å². The van der Waals surface area contributed by atoms with Crippen molar-refractivity contribution in [1.29, 1.82) is 5.26 Å². The number of benzene rings is 3. The van der Waals surface area contributed by atoms with Gasteiger partial charge in [-0.25, -0.2) is 0 Å². The van der Waals surface area contributed by atoms with Gasteiger partial charge in [0.2, 0.25) is 5.91 Å². The molecule has 1 unspecified atom stereocenters. The average Bonchev–Trinajstić information content (AvgIpc) is 3.12. The fourth-order valence-electron chi connectivity index (χ4n) is 3.62. The summed E-state index contributed by atoms with van der Waals surface area (Å²) in [7, 11) is 0. The van der Waals surface area contributed by atoms with Gasteiger partial charge in [0.1, 0.15) is 16.7 Å². The van der Waals surface area contributed by atoms with Gasteiger partial charge in [-0.15, -0.1) is 0 Å². The summed E-state index contributed by atoms with van der Waals surface area (Å²) in [5.74, 6) is -0.734. The van der Waals surface area contributed by atoms with Gasteiger partial charge in [0.25, 0.3) is 5.91 Å². The maximum Gasteiger partial charge on any atom is 0.269 e. The molecule has 4 rings (SSSR count). The number of hydrogen-bond donors (Lipinski definition) is 1. The van der Waals surface area contributed by atoms with E-state index in [1.165, 1.54) is 16.7 Å². The van der Waals surface area contributed by atoms with Crippen LogP contribution in [0.25, 0.3) is 0 Å². The quantitative estimate of drug-likeness (QED) is 0.352. The number of thioether (sulfide) groups is 1. The molecule has 7 heteroatoms. The minimum Gasteiger partial charge on any atom is -0.321 e. The summed E-state index contributed by atoms with van der Waals surface area (Å²) in [6, 6.07) is 24.1. The first-order valence-corrected chi connectivity index (χ1v) is 12.0. The number of aryl methyl sites for hydroxylation is 2. The molecule has 1 aliphatic rings. The van der Waals surface area contributed by atoms with Gasteiger partial charge < -0.3 is 5.32 Å². The van der Waals surface area contributed by atoms with Crippen LogP contribution < -0.4 is 10.2 Å². The first-order chi connectivity index (χ1) is 16.4. The van der Waals surface area contributed by atoms with Gasteiger partial charge in [-0.05, 0) is 62.2 Å². The molecule has 0 bridgehead atoms. The van der Waals surface area contributed by atoms with Gasteiger partial charge in [0, 0.05) is 16.4 Å². The molecule has 1 N–H and O–H groups in total. The Kier molecular flexibility index (Phi) is 7.06. The molecule has 3 aromatic rings. The molecule has 0 aromatic heterocycles. The minimum atomic E-state index is -0.554. The highest BCUT2D eigenvalue weighted by Crippen LogP contribution is 2.42. The summed E-state index contributed by atoms with van der Waals surface area (Å²) in [4.78, 5) is 28.1. The van der Waals surface area contributed by atoms with E-state index in [0.29, 0.717) is 27.8 Å². The molecule has 0 aliphatic carbocycles. The van der Waals surface area contributed by atoms with Crippen LogP contribution >= 0.6 is 23.4 Å². The molecule has 34 heavy (non-hydrogen) atoms. The number of halogens is 1. The second-order valence-corrected chi connectivity index (χ2v) is 9.69. The second kappa shape index (κ2) is 10.2. The fraction of sp³-hybridized carbons (Fsp3) is 0.148. The number of carbonyl (C=O) groups excluding carboxylic acids is 2. The number of hydrogen-bond acceptors (Lipinski definition) is 4. The van der Waals surface area contributed by atoms with Crippen molar-refractivity contribution in [3.8, 4) is 6.07 Å². The monoisotopic (exact) mass is 487 g/mol. The molecule has 170 valence electrons. The smallest absolute Gasteiger partial charge is 0.269 e. The largest absolute Gasteiger partial charge is 0.321 e. The van der Waals surface area contributed by atoms with Crippen LogP contribution in [0.3, 0.4) is 0 Å². The molecule has 1 aliphatic heterocycles. The van der Waals surface area contributed by atoms with Crippen molar-refractivity contribution in [2.75, 3.05) is 10.2 Å². The predicted octanol–water partition coefficient (Wildman–Crippen LogP) is 6.02. The van der Waals surface area contributed by atoms with Gasteiger partial charge in [-0.3, -0.25) is 14.5 Å². The molecule has 1 fully saturated rings. The Bertz CT molecular complexity index is 1310. The Morgan fingerprint density at radius 3 is 2.32 bits per heavy atom. The highest BCUT2D eigenvalue weighted by Gasteiger charge is 2.40. The van der Waals surface area contributed by atoms with Crippen LogP contribution in [0.1, 0.15) is 16.7 Å². The van der Waals surface area contributed by atoms with E-state index in [-0.39, 0.29) is 11.5 Å². The first-order valence-electron chi connectivity index (χ1n) is 10.7. The molecule has 3 aromatic carbocycles. The molecule has 2 amide bonds. The third-order valence-electron chi connectivity index (χ3n) is 5.42. The number of anilines is 2. The Morgan fingerprint density at radius 2 is 1.71 bits per heavy atom. The number of nitriles is 1. The van der Waals surface area contributed by atoms with Crippen molar-refractivity contribution in [1.82, 2.24) is 0 Å². The second-order valence-electron chi connectivity index (χ2n) is 8.06. The summed E-state index contributed by atoms with van der Waals surface area (Å²) in [5.41, 5.74) is 4.10. The number of nitrogens with one attached hydrogen (secondary N) is 1. The molecular formula is C27H22ClN3O2S. The summed E-state index contributed by atoms with van der Waals surface area (Å²) in [6.45, 7) is 3.91. The summed E-state index contributed by atoms with van der Waals surface area (Å²) in [5, 5.41) is 13.1. The van der Waals surface area contributed by atoms with E-state index in [4.69, 9.17) is 11.6 Å². The normalized spacial score (nSPS) is 16.8. The van der Waals surface area contributed by atoms with Crippen LogP contribution in [-0.2, 0) is 16.0 Å². The van der Waals surface area contributed by atoms with E-state index < -0.39 is 11.2 Å². The maximum absolute atomic E-state index is 13.5. The molecule has 5 nitrogen and oxygen atoms in total. The van der Waals surface area contributed by atoms with Crippen LogP contribution in [0.5, 0.6) is 0 Å². The third kappa shape index (κ3) is 5.17. The molecule has 0 saturated carbocycles. The van der Waals surface area contributed by atoms with E-state index >= 15 is 0 Å². The van der Waals surface area contributed by atoms with Crippen molar-refractivity contribution in [2.24, 2.45) is 0 Å². The number of amides is 2. The highest BCUT2D eigenvalue weighted by molar-refractivity contribution is 8.05. The number of nitrogens with zero attached hydrogens (tertiary/aromatic N) is 2. The Hall–Kier alpha value is -3.53. The van der Waals surface area contributed by atoms with Gasteiger partial charge in [0.15, 0.2) is 0 Å². The molecule has 0 radical (unpaired) electrons. The summed E-state index contributed by atoms with van der Waals surface area (Å²) in [6.07, 6.45) is 0.425. The van der Waals surface area contributed by atoms with Gasteiger partial charge in [0.05, 0.1) is 5.25 Å². The van der Waals surface area contributed by atoms with Gasteiger partial charge in [-0.2, -0.15) is 5.26 Å². The van der Waals surface area contributed by atoms with Crippen molar-refractivity contribution >= 4 is 46.6 Å². The Morgan fingerprint density at radius 1 is 1.06 bits per heavy atom. The van der Waals surface area contributed by atoms with Gasteiger partial charge in [-0.1, -0.05) is 70.9 Å². The van der Waals surface area contributed by atoms with Crippen LogP contribution in [0.4, 0.5) is 11.4 Å². The SMILES string of the molecule is Cc1ccc(NC(=O)C(C#N)=C2SC(Cc3cccc(Cl)c3)C(=O)N2c2ccc(C)cc2)cc1. The maximum atomic E-state index is 13.5. The Labute approximate surface area is 208 Å². The van der Waals surface area contributed by atoms with E-state index in [9.17, 15) is 14.9 Å².